The Balaban J connectivity index is 1.82. The summed E-state index contributed by atoms with van der Waals surface area (Å²) in [4.78, 5) is 24.0. The zero-order valence-corrected chi connectivity index (χ0v) is 14.5. The summed E-state index contributed by atoms with van der Waals surface area (Å²) in [5, 5.41) is 10.8. The number of anilines is 1. The molecular weight excluding hydrogens is 349 g/mol. The molecule has 0 atom stereocenters. The molecule has 0 aliphatic carbocycles. The second kappa shape index (κ2) is 6.71. The van der Waals surface area contributed by atoms with Crippen molar-refractivity contribution in [2.75, 3.05) is 31.1 Å². The van der Waals surface area contributed by atoms with Crippen LogP contribution < -0.4 is 10.6 Å². The van der Waals surface area contributed by atoms with Gasteiger partial charge in [0.15, 0.2) is 5.82 Å². The molecule has 0 saturated carbocycles. The smallest absolute Gasteiger partial charge is 0.314 e. The molecule has 3 aromatic rings. The number of para-hydroxylation sites is 1. The summed E-state index contributed by atoms with van der Waals surface area (Å²) in [7, 11) is 0. The highest BCUT2D eigenvalue weighted by molar-refractivity contribution is 5.91. The fourth-order valence-electron chi connectivity index (χ4n) is 3.25. The number of hydrogen-bond acceptors (Lipinski definition) is 5. The quantitative estimate of drug-likeness (QED) is 0.725. The molecule has 0 unspecified atom stereocenters. The number of fused-ring (bicyclic) bond motifs is 1. The third-order valence-electron chi connectivity index (χ3n) is 4.67. The van der Waals surface area contributed by atoms with Gasteiger partial charge in [0.1, 0.15) is 17.4 Å². The van der Waals surface area contributed by atoms with Crippen molar-refractivity contribution in [1.82, 2.24) is 14.9 Å². The number of halogens is 1. The first-order chi connectivity index (χ1) is 13.0. The van der Waals surface area contributed by atoms with Crippen LogP contribution in [0.3, 0.4) is 0 Å². The van der Waals surface area contributed by atoms with Crippen LogP contribution in [0.15, 0.2) is 42.5 Å². The summed E-state index contributed by atoms with van der Waals surface area (Å²) >= 11 is 0. The van der Waals surface area contributed by atoms with Gasteiger partial charge in [-0.1, -0.05) is 12.1 Å². The van der Waals surface area contributed by atoms with Gasteiger partial charge in [-0.25, -0.2) is 19.2 Å². The number of primary amides is 1. The highest BCUT2D eigenvalue weighted by Gasteiger charge is 2.23. The average molecular weight is 367 g/mol. The Kier molecular flexibility index (Phi) is 4.23. The predicted octanol–water partition coefficient (Wildman–Crippen LogP) is 2.34. The van der Waals surface area contributed by atoms with Crippen molar-refractivity contribution in [1.29, 1.82) is 0 Å². The molecule has 1 aliphatic heterocycles. The van der Waals surface area contributed by atoms with Gasteiger partial charge in [-0.15, -0.1) is 0 Å². The number of hydrogen-bond donors (Lipinski definition) is 2. The Hall–Kier alpha value is -3.42. The number of amides is 2. The molecule has 1 saturated heterocycles. The number of urea groups is 1. The third-order valence-corrected chi connectivity index (χ3v) is 4.67. The fourth-order valence-corrected chi connectivity index (χ4v) is 3.25. The number of rotatable bonds is 2. The maximum absolute atomic E-state index is 13.9. The van der Waals surface area contributed by atoms with E-state index in [4.69, 9.17) is 5.73 Å². The molecule has 1 aromatic heterocycles. The fraction of sp³-hybridized carbons (Fsp3) is 0.211. The number of aromatic nitrogens is 2. The molecule has 4 rings (SSSR count). The van der Waals surface area contributed by atoms with E-state index in [0.29, 0.717) is 54.3 Å². The highest BCUT2D eigenvalue weighted by atomic mass is 19.1. The first kappa shape index (κ1) is 17.0. The van der Waals surface area contributed by atoms with Gasteiger partial charge in [0, 0.05) is 31.6 Å². The molecule has 2 amide bonds. The molecule has 0 bridgehead atoms. The van der Waals surface area contributed by atoms with Crippen LogP contribution in [0.1, 0.15) is 0 Å². The van der Waals surface area contributed by atoms with E-state index in [1.54, 1.807) is 35.2 Å². The van der Waals surface area contributed by atoms with Crippen LogP contribution in [0.4, 0.5) is 15.0 Å². The lowest BCUT2D eigenvalue weighted by Crippen LogP contribution is -2.50. The number of nitrogens with zero attached hydrogens (tertiary/aromatic N) is 4. The molecule has 7 nitrogen and oxygen atoms in total. The van der Waals surface area contributed by atoms with Crippen molar-refractivity contribution in [3.8, 4) is 17.1 Å². The van der Waals surface area contributed by atoms with Crippen molar-refractivity contribution >= 4 is 22.8 Å². The Morgan fingerprint density at radius 2 is 1.81 bits per heavy atom. The van der Waals surface area contributed by atoms with Crippen LogP contribution in [0.25, 0.3) is 22.3 Å². The van der Waals surface area contributed by atoms with Crippen molar-refractivity contribution < 1.29 is 14.3 Å². The van der Waals surface area contributed by atoms with E-state index in [1.165, 1.54) is 12.1 Å². The lowest BCUT2D eigenvalue weighted by Gasteiger charge is -2.35. The number of aromatic hydroxyl groups is 1. The maximum Gasteiger partial charge on any atom is 0.314 e. The molecule has 0 spiro atoms. The topological polar surface area (TPSA) is 95.6 Å². The van der Waals surface area contributed by atoms with E-state index >= 15 is 0 Å². The van der Waals surface area contributed by atoms with Gasteiger partial charge in [-0.3, -0.25) is 0 Å². The number of nitrogens with two attached hydrogens (primary N) is 1. The van der Waals surface area contributed by atoms with Gasteiger partial charge in [0.2, 0.25) is 0 Å². The van der Waals surface area contributed by atoms with Crippen LogP contribution in [0, 0.1) is 5.82 Å². The summed E-state index contributed by atoms with van der Waals surface area (Å²) in [6, 6.07) is 10.7. The largest absolute Gasteiger partial charge is 0.507 e. The molecule has 27 heavy (non-hydrogen) atoms. The highest BCUT2D eigenvalue weighted by Crippen LogP contribution is 2.32. The van der Waals surface area contributed by atoms with E-state index in [2.05, 4.69) is 9.97 Å². The number of carbonyl (C=O) groups is 1. The van der Waals surface area contributed by atoms with Gasteiger partial charge in [0.05, 0.1) is 11.1 Å². The van der Waals surface area contributed by atoms with Crippen LogP contribution in [0.5, 0.6) is 5.75 Å². The number of phenolic OH excluding ortho intramolecular Hbond substituents is 1. The van der Waals surface area contributed by atoms with E-state index in [1.807, 2.05) is 4.90 Å². The van der Waals surface area contributed by atoms with Crippen LogP contribution in [-0.4, -0.2) is 52.2 Å². The van der Waals surface area contributed by atoms with E-state index in [-0.39, 0.29) is 11.6 Å². The Morgan fingerprint density at radius 3 is 2.52 bits per heavy atom. The summed E-state index contributed by atoms with van der Waals surface area (Å²) in [6.45, 7) is 1.96. The van der Waals surface area contributed by atoms with Crippen molar-refractivity contribution in [3.63, 3.8) is 0 Å². The summed E-state index contributed by atoms with van der Waals surface area (Å²) in [5.41, 5.74) is 6.43. The van der Waals surface area contributed by atoms with Gasteiger partial charge in [-0.05, 0) is 30.3 Å². The minimum absolute atomic E-state index is 0.0726. The predicted molar refractivity (Wildman–Crippen MR) is 100.0 cm³/mol. The molecule has 2 aromatic carbocycles. The monoisotopic (exact) mass is 367 g/mol. The summed E-state index contributed by atoms with van der Waals surface area (Å²) in [5.74, 6) is 0.628. The summed E-state index contributed by atoms with van der Waals surface area (Å²) < 4.78 is 13.9. The van der Waals surface area contributed by atoms with Crippen molar-refractivity contribution in [3.05, 3.63) is 48.3 Å². The van der Waals surface area contributed by atoms with Gasteiger partial charge in [-0.2, -0.15) is 0 Å². The maximum atomic E-state index is 13.9. The molecule has 1 aliphatic rings. The molecule has 3 N–H and O–H groups in total. The number of benzene rings is 2. The lowest BCUT2D eigenvalue weighted by atomic mass is 10.1. The van der Waals surface area contributed by atoms with Crippen LogP contribution in [-0.2, 0) is 0 Å². The molecular formula is C19H18FN5O2. The summed E-state index contributed by atoms with van der Waals surface area (Å²) in [6.07, 6.45) is 0. The zero-order valence-electron chi connectivity index (χ0n) is 14.5. The minimum Gasteiger partial charge on any atom is -0.507 e. The van der Waals surface area contributed by atoms with E-state index in [0.717, 1.165) is 0 Å². The molecule has 0 radical (unpaired) electrons. The molecule has 8 heteroatoms. The Labute approximate surface area is 154 Å². The van der Waals surface area contributed by atoms with Crippen molar-refractivity contribution in [2.45, 2.75) is 0 Å². The Morgan fingerprint density at radius 1 is 1.07 bits per heavy atom. The second-order valence-electron chi connectivity index (χ2n) is 6.36. The molecule has 138 valence electrons. The SMILES string of the molecule is NC(=O)N1CCN(c2nc(-c3ccccc3O)nc3ccc(F)cc23)CC1. The standard InChI is InChI=1S/C19H18FN5O2/c20-12-5-6-15-14(11-12)18(24-7-9-25(10-8-24)19(21)27)23-17(22-15)13-3-1-2-4-16(13)26/h1-6,11,26H,7-10H2,(H2,21,27). The van der Waals surface area contributed by atoms with E-state index in [9.17, 15) is 14.3 Å². The van der Waals surface area contributed by atoms with Gasteiger partial charge < -0.3 is 20.6 Å². The van der Waals surface area contributed by atoms with Crippen molar-refractivity contribution in [2.24, 2.45) is 5.73 Å². The number of phenols is 1. The number of piperazine rings is 1. The number of carbonyl (C=O) groups excluding carboxylic acids is 1. The van der Waals surface area contributed by atoms with Crippen LogP contribution in [0.2, 0.25) is 0 Å². The third kappa shape index (κ3) is 3.21. The average Bonchev–Trinajstić information content (AvgIpc) is 2.68. The second-order valence-corrected chi connectivity index (χ2v) is 6.36. The zero-order chi connectivity index (χ0) is 19.0. The molecule has 2 heterocycles. The van der Waals surface area contributed by atoms with Gasteiger partial charge in [0.25, 0.3) is 0 Å². The minimum atomic E-state index is -0.455. The first-order valence-electron chi connectivity index (χ1n) is 8.58. The van der Waals surface area contributed by atoms with Crippen LogP contribution >= 0.6 is 0 Å². The van der Waals surface area contributed by atoms with E-state index < -0.39 is 6.03 Å². The Bertz CT molecular complexity index is 1020. The normalized spacial score (nSPS) is 14.6. The first-order valence-corrected chi connectivity index (χ1v) is 8.58. The molecule has 1 fully saturated rings. The lowest BCUT2D eigenvalue weighted by molar-refractivity contribution is 0.204. The van der Waals surface area contributed by atoms with Gasteiger partial charge >= 0.3 is 6.03 Å².